The summed E-state index contributed by atoms with van der Waals surface area (Å²) in [4.78, 5) is 28.4. The van der Waals surface area contributed by atoms with Crippen LogP contribution in [-0.4, -0.2) is 41.4 Å². The van der Waals surface area contributed by atoms with Crippen molar-refractivity contribution in [1.29, 1.82) is 0 Å². The highest BCUT2D eigenvalue weighted by atomic mass is 16.2. The standard InChI is InChI=1S/C23H43N3O2/c1-16(2)26(15-17-11-9-10-12-17)22(28)20(23(3,4)5)25-21(27)19(24)18-13-7-6-8-14-18/h16-20H,6-15,24H2,1-5H3,(H,25,27)/t19-,20?/m0/s1. The maximum Gasteiger partial charge on any atom is 0.245 e. The predicted octanol–water partition coefficient (Wildman–Crippen LogP) is 3.85. The molecule has 0 radical (unpaired) electrons. The lowest BCUT2D eigenvalue weighted by molar-refractivity contribution is -0.142. The lowest BCUT2D eigenvalue weighted by Gasteiger charge is -2.39. The number of hydrogen-bond donors (Lipinski definition) is 2. The normalized spacial score (nSPS) is 21.5. The molecule has 2 saturated carbocycles. The number of hydrogen-bond acceptors (Lipinski definition) is 3. The number of nitrogens with zero attached hydrogens (tertiary/aromatic N) is 1. The van der Waals surface area contributed by atoms with Crippen molar-refractivity contribution in [2.75, 3.05) is 6.54 Å². The van der Waals surface area contributed by atoms with Gasteiger partial charge in [0, 0.05) is 12.6 Å². The molecular weight excluding hydrogens is 350 g/mol. The molecule has 2 fully saturated rings. The first kappa shape index (κ1) is 23.2. The topological polar surface area (TPSA) is 75.4 Å². The molecule has 3 N–H and O–H groups in total. The molecule has 2 aliphatic carbocycles. The minimum Gasteiger partial charge on any atom is -0.342 e. The van der Waals surface area contributed by atoms with E-state index in [9.17, 15) is 9.59 Å². The first-order chi connectivity index (χ1) is 13.1. The van der Waals surface area contributed by atoms with Gasteiger partial charge in [-0.1, -0.05) is 52.9 Å². The summed E-state index contributed by atoms with van der Waals surface area (Å²) in [7, 11) is 0. The fourth-order valence-electron chi connectivity index (χ4n) is 4.79. The summed E-state index contributed by atoms with van der Waals surface area (Å²) in [6.45, 7) is 11.0. The highest BCUT2D eigenvalue weighted by Crippen LogP contribution is 2.29. The maximum atomic E-state index is 13.5. The second kappa shape index (κ2) is 10.1. The summed E-state index contributed by atoms with van der Waals surface area (Å²) in [6, 6.07) is -0.930. The minimum absolute atomic E-state index is 0.0404. The Bertz CT molecular complexity index is 514. The van der Waals surface area contributed by atoms with Crippen molar-refractivity contribution in [3.05, 3.63) is 0 Å². The van der Waals surface area contributed by atoms with E-state index in [2.05, 4.69) is 19.2 Å². The van der Waals surface area contributed by atoms with Crippen molar-refractivity contribution in [3.8, 4) is 0 Å². The van der Waals surface area contributed by atoms with E-state index in [1.807, 2.05) is 25.7 Å². The van der Waals surface area contributed by atoms with Gasteiger partial charge in [0.15, 0.2) is 0 Å². The molecule has 0 bridgehead atoms. The Morgan fingerprint density at radius 2 is 1.54 bits per heavy atom. The molecule has 162 valence electrons. The fraction of sp³-hybridized carbons (Fsp3) is 0.913. The van der Waals surface area contributed by atoms with Crippen LogP contribution in [0.4, 0.5) is 0 Å². The third-order valence-corrected chi connectivity index (χ3v) is 6.70. The highest BCUT2D eigenvalue weighted by Gasteiger charge is 2.39. The molecule has 2 amide bonds. The quantitative estimate of drug-likeness (QED) is 0.690. The van der Waals surface area contributed by atoms with E-state index in [0.29, 0.717) is 5.92 Å². The van der Waals surface area contributed by atoms with Crippen molar-refractivity contribution in [3.63, 3.8) is 0 Å². The van der Waals surface area contributed by atoms with Crippen LogP contribution in [0.1, 0.15) is 92.4 Å². The van der Waals surface area contributed by atoms with Crippen molar-refractivity contribution in [2.45, 2.75) is 111 Å². The second-order valence-electron chi connectivity index (χ2n) is 10.5. The molecule has 0 aromatic carbocycles. The van der Waals surface area contributed by atoms with Gasteiger partial charge in [0.25, 0.3) is 0 Å². The van der Waals surface area contributed by atoms with E-state index in [0.717, 1.165) is 32.2 Å². The molecule has 0 spiro atoms. The molecule has 0 saturated heterocycles. The number of nitrogens with one attached hydrogen (secondary N) is 1. The molecular formula is C23H43N3O2. The molecule has 0 aliphatic heterocycles. The van der Waals surface area contributed by atoms with Gasteiger partial charge in [-0.25, -0.2) is 0 Å². The molecule has 28 heavy (non-hydrogen) atoms. The third kappa shape index (κ3) is 6.20. The average Bonchev–Trinajstić information content (AvgIpc) is 3.15. The smallest absolute Gasteiger partial charge is 0.245 e. The molecule has 2 atom stereocenters. The van der Waals surface area contributed by atoms with E-state index in [-0.39, 0.29) is 29.2 Å². The molecule has 2 aliphatic rings. The Hall–Kier alpha value is -1.10. The molecule has 5 nitrogen and oxygen atoms in total. The van der Waals surface area contributed by atoms with Gasteiger partial charge in [-0.05, 0) is 56.8 Å². The number of rotatable bonds is 7. The highest BCUT2D eigenvalue weighted by molar-refractivity contribution is 5.90. The number of nitrogens with two attached hydrogens (primary N) is 1. The Balaban J connectivity index is 2.09. The maximum absolute atomic E-state index is 13.5. The van der Waals surface area contributed by atoms with Crippen molar-refractivity contribution < 1.29 is 9.59 Å². The Morgan fingerprint density at radius 3 is 2.04 bits per heavy atom. The van der Waals surface area contributed by atoms with Crippen LogP contribution < -0.4 is 11.1 Å². The van der Waals surface area contributed by atoms with Gasteiger partial charge in [-0.2, -0.15) is 0 Å². The van der Waals surface area contributed by atoms with Crippen molar-refractivity contribution in [1.82, 2.24) is 10.2 Å². The van der Waals surface area contributed by atoms with Crippen LogP contribution in [0.2, 0.25) is 0 Å². The van der Waals surface area contributed by atoms with Gasteiger partial charge < -0.3 is 16.0 Å². The monoisotopic (exact) mass is 393 g/mol. The van der Waals surface area contributed by atoms with Gasteiger partial charge in [0.05, 0.1) is 6.04 Å². The molecule has 0 heterocycles. The first-order valence-electron chi connectivity index (χ1n) is 11.5. The fourth-order valence-corrected chi connectivity index (χ4v) is 4.79. The Kier molecular flexibility index (Phi) is 8.35. The van der Waals surface area contributed by atoms with Crippen LogP contribution in [0.15, 0.2) is 0 Å². The molecule has 5 heteroatoms. The van der Waals surface area contributed by atoms with Gasteiger partial charge in [-0.15, -0.1) is 0 Å². The molecule has 0 aromatic heterocycles. The van der Waals surface area contributed by atoms with Crippen LogP contribution in [0.25, 0.3) is 0 Å². The zero-order valence-corrected chi connectivity index (χ0v) is 18.8. The zero-order chi connectivity index (χ0) is 20.9. The van der Waals surface area contributed by atoms with Crippen molar-refractivity contribution >= 4 is 11.8 Å². The summed E-state index contributed by atoms with van der Waals surface area (Å²) in [5, 5.41) is 3.06. The lowest BCUT2D eigenvalue weighted by atomic mass is 9.82. The average molecular weight is 394 g/mol. The third-order valence-electron chi connectivity index (χ3n) is 6.70. The minimum atomic E-state index is -0.543. The SMILES string of the molecule is CC(C)N(CC1CCCC1)C(=O)C(NC(=O)[C@@H](N)C1CCCCC1)C(C)(C)C. The molecule has 2 rings (SSSR count). The van der Waals surface area contributed by atoms with Crippen LogP contribution >= 0.6 is 0 Å². The van der Waals surface area contributed by atoms with Crippen LogP contribution in [-0.2, 0) is 9.59 Å². The second-order valence-corrected chi connectivity index (χ2v) is 10.5. The van der Waals surface area contributed by atoms with Crippen LogP contribution in [0.3, 0.4) is 0 Å². The van der Waals surface area contributed by atoms with E-state index >= 15 is 0 Å². The lowest BCUT2D eigenvalue weighted by Crippen LogP contribution is -2.60. The van der Waals surface area contributed by atoms with E-state index in [4.69, 9.17) is 5.73 Å². The summed E-state index contributed by atoms with van der Waals surface area (Å²) in [6.07, 6.45) is 10.5. The number of amides is 2. The largest absolute Gasteiger partial charge is 0.342 e. The zero-order valence-electron chi connectivity index (χ0n) is 18.8. The van der Waals surface area contributed by atoms with Crippen LogP contribution in [0.5, 0.6) is 0 Å². The summed E-state index contributed by atoms with van der Waals surface area (Å²) < 4.78 is 0. The molecule has 0 aromatic rings. The Labute approximate surface area is 172 Å². The number of carbonyl (C=O) groups is 2. The van der Waals surface area contributed by atoms with Gasteiger partial charge in [0.2, 0.25) is 11.8 Å². The number of carbonyl (C=O) groups excluding carboxylic acids is 2. The van der Waals surface area contributed by atoms with Gasteiger partial charge in [0.1, 0.15) is 6.04 Å². The Morgan fingerprint density at radius 1 is 1.00 bits per heavy atom. The van der Waals surface area contributed by atoms with E-state index in [1.54, 1.807) is 0 Å². The first-order valence-corrected chi connectivity index (χ1v) is 11.5. The van der Waals surface area contributed by atoms with Crippen LogP contribution in [0, 0.1) is 17.3 Å². The predicted molar refractivity (Wildman–Crippen MR) is 115 cm³/mol. The van der Waals surface area contributed by atoms with E-state index < -0.39 is 12.1 Å². The summed E-state index contributed by atoms with van der Waals surface area (Å²) in [5.74, 6) is 0.708. The summed E-state index contributed by atoms with van der Waals surface area (Å²) >= 11 is 0. The van der Waals surface area contributed by atoms with E-state index in [1.165, 1.54) is 32.1 Å². The van der Waals surface area contributed by atoms with Gasteiger partial charge in [-0.3, -0.25) is 9.59 Å². The van der Waals surface area contributed by atoms with Crippen molar-refractivity contribution in [2.24, 2.45) is 23.0 Å². The molecule has 1 unspecified atom stereocenters. The summed E-state index contributed by atoms with van der Waals surface area (Å²) in [5.41, 5.74) is 5.96. The van der Waals surface area contributed by atoms with Gasteiger partial charge >= 0.3 is 0 Å².